The van der Waals surface area contributed by atoms with Crippen LogP contribution in [0.1, 0.15) is 25.4 Å². The van der Waals surface area contributed by atoms with Crippen LogP contribution in [0.4, 0.5) is 0 Å². The van der Waals surface area contributed by atoms with Crippen LogP contribution in [0.25, 0.3) is 0 Å². The van der Waals surface area contributed by atoms with Crippen LogP contribution in [0.5, 0.6) is 0 Å². The van der Waals surface area contributed by atoms with E-state index in [9.17, 15) is 8.42 Å². The smallest absolute Gasteiger partial charge is 0.242 e. The average Bonchev–Trinajstić information content (AvgIpc) is 3.03. The Balaban J connectivity index is 1.99. The molecule has 2 aromatic rings. The molecule has 0 saturated carbocycles. The number of sulfonamides is 1. The average molecular weight is 312 g/mol. The second kappa shape index (κ2) is 6.37. The highest BCUT2D eigenvalue weighted by Crippen LogP contribution is 2.11. The van der Waals surface area contributed by atoms with Gasteiger partial charge in [-0.15, -0.1) is 0 Å². The third-order valence-electron chi connectivity index (χ3n) is 2.79. The number of aromatic nitrogens is 4. The summed E-state index contributed by atoms with van der Waals surface area (Å²) >= 11 is 0. The minimum absolute atomic E-state index is 0.0634. The predicted octanol–water partition coefficient (Wildman–Crippen LogP) is 0.120. The summed E-state index contributed by atoms with van der Waals surface area (Å²) in [5.74, 6) is 0.429. The minimum atomic E-state index is -3.57. The first-order valence-corrected chi connectivity index (χ1v) is 8.10. The van der Waals surface area contributed by atoms with Crippen LogP contribution in [0.2, 0.25) is 0 Å². The highest BCUT2D eigenvalue weighted by molar-refractivity contribution is 7.89. The fourth-order valence-electron chi connectivity index (χ4n) is 1.70. The zero-order valence-corrected chi connectivity index (χ0v) is 13.1. The van der Waals surface area contributed by atoms with E-state index >= 15 is 0 Å². The summed E-state index contributed by atoms with van der Waals surface area (Å²) in [4.78, 5) is 7.13. The Hall–Kier alpha value is -1.71. The molecule has 0 atom stereocenters. The van der Waals surface area contributed by atoms with Crippen molar-refractivity contribution in [2.45, 2.75) is 37.9 Å². The summed E-state index contributed by atoms with van der Waals surface area (Å²) in [5.41, 5.74) is 0.819. The van der Waals surface area contributed by atoms with E-state index in [0.717, 1.165) is 5.69 Å². The maximum absolute atomic E-state index is 12.1. The predicted molar refractivity (Wildman–Crippen MR) is 77.8 cm³/mol. The zero-order valence-electron chi connectivity index (χ0n) is 12.3. The lowest BCUT2D eigenvalue weighted by atomic mass is 10.3. The molecule has 116 valence electrons. The number of H-pyrrole nitrogens is 1. The first-order chi connectivity index (χ1) is 9.87. The van der Waals surface area contributed by atoms with Gasteiger partial charge in [0.05, 0.1) is 11.4 Å². The van der Waals surface area contributed by atoms with Gasteiger partial charge in [0.2, 0.25) is 10.0 Å². The number of nitrogens with zero attached hydrogens (tertiary/aromatic N) is 3. The maximum Gasteiger partial charge on any atom is 0.242 e. The van der Waals surface area contributed by atoms with Gasteiger partial charge < -0.3 is 10.3 Å². The summed E-state index contributed by atoms with van der Waals surface area (Å²) in [5, 5.41) is 7.24. The number of aromatic amines is 1. The van der Waals surface area contributed by atoms with E-state index in [0.29, 0.717) is 18.4 Å². The van der Waals surface area contributed by atoms with Crippen molar-refractivity contribution in [3.63, 3.8) is 0 Å². The molecule has 2 aromatic heterocycles. The van der Waals surface area contributed by atoms with Crippen LogP contribution in [0.15, 0.2) is 23.5 Å². The normalized spacial score (nSPS) is 12.2. The molecule has 8 nitrogen and oxygen atoms in total. The number of hydrogen-bond donors (Lipinski definition) is 3. The quantitative estimate of drug-likeness (QED) is 0.673. The molecule has 0 bridgehead atoms. The Labute approximate surface area is 124 Å². The van der Waals surface area contributed by atoms with Crippen LogP contribution in [-0.2, 0) is 30.2 Å². The Kier molecular flexibility index (Phi) is 4.76. The number of hydrogen-bond acceptors (Lipinski definition) is 5. The van der Waals surface area contributed by atoms with Gasteiger partial charge in [0, 0.05) is 31.5 Å². The first kappa shape index (κ1) is 15.7. The summed E-state index contributed by atoms with van der Waals surface area (Å²) < 4.78 is 28.3. The standard InChI is InChI=1S/C12H20N6O2S/c1-9(2)13-5-10-4-11(6-14-10)21(19,20)16-7-12-15-8-18(3)17-12/h4,6,8-9,13-14,16H,5,7H2,1-3H3. The minimum Gasteiger partial charge on any atom is -0.363 e. The topological polar surface area (TPSA) is 105 Å². The number of aryl methyl sites for hydroxylation is 1. The van der Waals surface area contributed by atoms with Gasteiger partial charge in [0.1, 0.15) is 6.33 Å². The third-order valence-corrected chi connectivity index (χ3v) is 4.18. The molecule has 0 aromatic carbocycles. The van der Waals surface area contributed by atoms with E-state index in [4.69, 9.17) is 0 Å². The van der Waals surface area contributed by atoms with E-state index in [1.165, 1.54) is 17.2 Å². The molecule has 0 unspecified atom stereocenters. The molecule has 0 aliphatic carbocycles. The van der Waals surface area contributed by atoms with Crippen LogP contribution < -0.4 is 10.0 Å². The zero-order chi connectivity index (χ0) is 15.5. The molecule has 2 heterocycles. The fourth-order valence-corrected chi connectivity index (χ4v) is 2.70. The first-order valence-electron chi connectivity index (χ1n) is 6.61. The van der Waals surface area contributed by atoms with Gasteiger partial charge in [0.25, 0.3) is 0 Å². The van der Waals surface area contributed by atoms with Crippen LogP contribution in [0, 0.1) is 0 Å². The Bertz CT molecular complexity index is 688. The van der Waals surface area contributed by atoms with Gasteiger partial charge in [-0.1, -0.05) is 13.8 Å². The van der Waals surface area contributed by atoms with Gasteiger partial charge in [0.15, 0.2) is 5.82 Å². The molecular formula is C12H20N6O2S. The summed E-state index contributed by atoms with van der Waals surface area (Å²) in [6.07, 6.45) is 3.00. The SMILES string of the molecule is CC(C)NCc1cc(S(=O)(=O)NCc2ncn(C)n2)c[nH]1. The lowest BCUT2D eigenvalue weighted by Gasteiger charge is -2.05. The monoisotopic (exact) mass is 312 g/mol. The van der Waals surface area contributed by atoms with Crippen molar-refractivity contribution < 1.29 is 8.42 Å². The van der Waals surface area contributed by atoms with Crippen molar-refractivity contribution in [1.29, 1.82) is 0 Å². The van der Waals surface area contributed by atoms with E-state index in [1.807, 2.05) is 13.8 Å². The molecular weight excluding hydrogens is 292 g/mol. The Morgan fingerprint density at radius 3 is 2.76 bits per heavy atom. The second-order valence-corrected chi connectivity index (χ2v) is 6.82. The van der Waals surface area contributed by atoms with Crippen molar-refractivity contribution >= 4 is 10.0 Å². The molecule has 21 heavy (non-hydrogen) atoms. The third kappa shape index (κ3) is 4.38. The van der Waals surface area contributed by atoms with Gasteiger partial charge in [-0.2, -0.15) is 5.10 Å². The van der Waals surface area contributed by atoms with Crippen LogP contribution >= 0.6 is 0 Å². The summed E-state index contributed by atoms with van der Waals surface area (Å²) in [6, 6.07) is 1.95. The lowest BCUT2D eigenvalue weighted by Crippen LogP contribution is -2.23. The molecule has 2 rings (SSSR count). The molecule has 0 aliphatic rings. The second-order valence-electron chi connectivity index (χ2n) is 5.06. The van der Waals surface area contributed by atoms with Crippen molar-refractivity contribution in [1.82, 2.24) is 29.8 Å². The van der Waals surface area contributed by atoms with E-state index in [2.05, 4.69) is 25.1 Å². The van der Waals surface area contributed by atoms with Crippen molar-refractivity contribution in [3.05, 3.63) is 30.1 Å². The Morgan fingerprint density at radius 1 is 1.38 bits per heavy atom. The van der Waals surface area contributed by atoms with Gasteiger partial charge >= 0.3 is 0 Å². The van der Waals surface area contributed by atoms with Crippen LogP contribution in [0.3, 0.4) is 0 Å². The summed E-state index contributed by atoms with van der Waals surface area (Å²) in [7, 11) is -1.84. The molecule has 9 heteroatoms. The van der Waals surface area contributed by atoms with Crippen molar-refractivity contribution in [2.24, 2.45) is 7.05 Å². The maximum atomic E-state index is 12.1. The van der Waals surface area contributed by atoms with Gasteiger partial charge in [-0.05, 0) is 6.07 Å². The molecule has 0 saturated heterocycles. The molecule has 0 aliphatic heterocycles. The summed E-state index contributed by atoms with van der Waals surface area (Å²) in [6.45, 7) is 4.72. The van der Waals surface area contributed by atoms with Gasteiger partial charge in [-0.3, -0.25) is 4.68 Å². The molecule has 0 radical (unpaired) electrons. The molecule has 0 fully saturated rings. The highest BCUT2D eigenvalue weighted by Gasteiger charge is 2.16. The molecule has 3 N–H and O–H groups in total. The highest BCUT2D eigenvalue weighted by atomic mass is 32.2. The largest absolute Gasteiger partial charge is 0.363 e. The molecule has 0 amide bonds. The lowest BCUT2D eigenvalue weighted by molar-refractivity contribution is 0.578. The fraction of sp³-hybridized carbons (Fsp3) is 0.500. The number of nitrogens with one attached hydrogen (secondary N) is 3. The van der Waals surface area contributed by atoms with Crippen molar-refractivity contribution in [2.75, 3.05) is 0 Å². The van der Waals surface area contributed by atoms with E-state index in [-0.39, 0.29) is 11.4 Å². The van der Waals surface area contributed by atoms with Crippen molar-refractivity contribution in [3.8, 4) is 0 Å². The Morgan fingerprint density at radius 2 is 2.14 bits per heavy atom. The van der Waals surface area contributed by atoms with Crippen LogP contribution in [-0.4, -0.2) is 34.2 Å². The van der Waals surface area contributed by atoms with Gasteiger partial charge in [-0.25, -0.2) is 18.1 Å². The van der Waals surface area contributed by atoms with E-state index in [1.54, 1.807) is 13.1 Å². The molecule has 0 spiro atoms. The number of rotatable bonds is 7. The van der Waals surface area contributed by atoms with E-state index < -0.39 is 10.0 Å².